The van der Waals surface area contributed by atoms with Crippen LogP contribution in [-0.4, -0.2) is 16.2 Å². The van der Waals surface area contributed by atoms with E-state index >= 15 is 0 Å². The molecule has 0 atom stereocenters. The Morgan fingerprint density at radius 2 is 1.00 bits per heavy atom. The van der Waals surface area contributed by atoms with Crippen molar-refractivity contribution < 1.29 is 42.0 Å². The molecule has 0 aromatic heterocycles. The molecule has 6 heteroatoms. The van der Waals surface area contributed by atoms with Gasteiger partial charge in [-0.3, -0.25) is 0 Å². The van der Waals surface area contributed by atoms with E-state index in [4.69, 9.17) is 6.96 Å². The van der Waals surface area contributed by atoms with Gasteiger partial charge in [0.1, 0.15) is 0 Å². The molecule has 0 rings (SSSR count). The van der Waals surface area contributed by atoms with Crippen molar-refractivity contribution in [1.29, 1.82) is 0 Å². The van der Waals surface area contributed by atoms with Crippen molar-refractivity contribution in [3.05, 3.63) is 0 Å². The molecule has 0 aliphatic carbocycles. The van der Waals surface area contributed by atoms with Crippen LogP contribution in [0.2, 0.25) is 0 Å². The maximum atomic E-state index is 8.63. The first-order valence-electron chi connectivity index (χ1n) is 0.901. The predicted octanol–water partition coefficient (Wildman–Crippen LogP) is -1.12. The van der Waals surface area contributed by atoms with Gasteiger partial charge in [-0.25, -0.2) is 0 Å². The zero-order chi connectivity index (χ0) is 5.58. The summed E-state index contributed by atoms with van der Waals surface area (Å²) < 4.78 is 34.2. The monoisotopic (exact) mass is 234 g/mol. The van der Waals surface area contributed by atoms with Gasteiger partial charge in [-0.15, -0.1) is 0 Å². The normalized spacial score (nSPS) is 3.00. The van der Waals surface area contributed by atoms with Crippen molar-refractivity contribution >= 4 is 16.2 Å². The topological polar surface area (TPSA) is 68.3 Å². The van der Waals surface area contributed by atoms with Gasteiger partial charge < -0.3 is 0 Å². The first-order valence-corrected chi connectivity index (χ1v) is 5.41. The van der Waals surface area contributed by atoms with E-state index in [1.54, 1.807) is 0 Å². The maximum absolute atomic E-state index is 8.63. The van der Waals surface area contributed by atoms with E-state index < -0.39 is 35.0 Å². The molecule has 0 N–H and O–H groups in total. The molecule has 0 unspecified atom stereocenters. The third-order valence-electron chi connectivity index (χ3n) is 0. The zero-order valence-corrected chi connectivity index (χ0v) is 7.46. The van der Waals surface area contributed by atoms with Crippen LogP contribution in [-0.2, 0) is 6.96 Å². The SMILES string of the molecule is [O]=[AlH].[O]=[Nd](=[O])=[O]. The van der Waals surface area contributed by atoms with Gasteiger partial charge >= 0.3 is 58.2 Å². The number of hydrogen-bond acceptors (Lipinski definition) is 4. The van der Waals surface area contributed by atoms with Crippen LogP contribution >= 0.6 is 0 Å². The molecule has 32 valence electrons. The zero-order valence-electron chi connectivity index (χ0n) is 2.84. The van der Waals surface area contributed by atoms with Crippen molar-refractivity contribution in [2.24, 2.45) is 0 Å². The van der Waals surface area contributed by atoms with Crippen LogP contribution in [0.15, 0.2) is 0 Å². The summed E-state index contributed by atoms with van der Waals surface area (Å²) in [7, 11) is 0. The molecule has 0 radical (unpaired) electrons. The molecule has 0 saturated heterocycles. The first-order chi connectivity index (χ1) is 2.73. The molecule has 0 bridgehead atoms. The standard InChI is InChI=1S/Al.Nd.4O.H. The second-order valence-electron chi connectivity index (χ2n) is 0.250. The summed E-state index contributed by atoms with van der Waals surface area (Å²) in [4.78, 5) is 0. The fourth-order valence-corrected chi connectivity index (χ4v) is 0. The molecule has 0 aromatic rings. The molecule has 0 aliphatic heterocycles. The van der Waals surface area contributed by atoms with Crippen LogP contribution in [0.4, 0.5) is 0 Å². The first kappa shape index (κ1) is 10.1. The van der Waals surface area contributed by atoms with E-state index in [-0.39, 0.29) is 0 Å². The molecule has 0 heterocycles. The van der Waals surface area contributed by atoms with Crippen LogP contribution in [0.3, 0.4) is 0 Å². The van der Waals surface area contributed by atoms with Crippen molar-refractivity contribution in [2.75, 3.05) is 0 Å². The van der Waals surface area contributed by atoms with E-state index in [0.717, 1.165) is 0 Å². The Kier molecular flexibility index (Phi) is 15.9. The number of hydrogen-bond donors (Lipinski definition) is 0. The van der Waals surface area contributed by atoms with Crippen LogP contribution in [0.1, 0.15) is 0 Å². The Balaban J connectivity index is 0. The van der Waals surface area contributed by atoms with Crippen LogP contribution in [0.5, 0.6) is 0 Å². The van der Waals surface area contributed by atoms with Gasteiger partial charge in [0.2, 0.25) is 0 Å². The third kappa shape index (κ3) is 72.2. The Labute approximate surface area is 57.3 Å². The number of rotatable bonds is 0. The Morgan fingerprint density at radius 1 is 1.00 bits per heavy atom. The van der Waals surface area contributed by atoms with Gasteiger partial charge in [0.15, 0.2) is 0 Å². The average Bonchev–Trinajstić information content (AvgIpc) is 1.41. The minimum absolute atomic E-state index is 0.611. The molecular weight excluding hydrogens is 235 g/mol. The van der Waals surface area contributed by atoms with Crippen LogP contribution in [0.25, 0.3) is 0 Å². The van der Waals surface area contributed by atoms with Gasteiger partial charge in [-0.05, 0) is 0 Å². The fraction of sp³-hybridized carbons (Fsp3) is 0. The van der Waals surface area contributed by atoms with Crippen molar-refractivity contribution in [1.82, 2.24) is 0 Å². The summed E-state index contributed by atoms with van der Waals surface area (Å²) in [6.45, 7) is 0. The summed E-state index contributed by atoms with van der Waals surface area (Å²) >= 11 is -3.80. The summed E-state index contributed by atoms with van der Waals surface area (Å²) in [5.74, 6) is 0. The molecule has 0 saturated carbocycles. The van der Waals surface area contributed by atoms with Gasteiger partial charge in [0, 0.05) is 0 Å². The Hall–Kier alpha value is 1.08. The Morgan fingerprint density at radius 3 is 1.00 bits per heavy atom. The molecule has 0 aromatic carbocycles. The summed E-state index contributed by atoms with van der Waals surface area (Å²) in [6, 6.07) is 0. The van der Waals surface area contributed by atoms with Crippen LogP contribution < -0.4 is 0 Å². The summed E-state index contributed by atoms with van der Waals surface area (Å²) in [6.07, 6.45) is 0. The van der Waals surface area contributed by atoms with Gasteiger partial charge in [-0.1, -0.05) is 0 Å². The van der Waals surface area contributed by atoms with E-state index in [1.165, 1.54) is 0 Å². The van der Waals surface area contributed by atoms with E-state index in [0.29, 0.717) is 16.2 Å². The Bertz CT molecular complexity index is 87.7. The summed E-state index contributed by atoms with van der Waals surface area (Å²) in [5.41, 5.74) is 0. The van der Waals surface area contributed by atoms with Crippen molar-refractivity contribution in [3.8, 4) is 0 Å². The second-order valence-corrected chi connectivity index (χ2v) is 1.85. The van der Waals surface area contributed by atoms with Crippen LogP contribution in [0, 0.1) is 35.0 Å². The predicted molar refractivity (Wildman–Crippen MR) is 9.89 cm³/mol. The fourth-order valence-electron chi connectivity index (χ4n) is 0. The second kappa shape index (κ2) is 9.43. The molecule has 4 nitrogen and oxygen atoms in total. The minimum atomic E-state index is -4.41. The quantitative estimate of drug-likeness (QED) is 0.499. The summed E-state index contributed by atoms with van der Waals surface area (Å²) in [5, 5.41) is 0. The molecular formula is HAlNdO4. The molecule has 6 heavy (non-hydrogen) atoms. The van der Waals surface area contributed by atoms with Gasteiger partial charge in [0.05, 0.1) is 0 Å². The molecule has 0 spiro atoms. The van der Waals surface area contributed by atoms with E-state index in [9.17, 15) is 0 Å². The molecule has 0 amide bonds. The third-order valence-corrected chi connectivity index (χ3v) is 0. The van der Waals surface area contributed by atoms with Gasteiger partial charge in [-0.2, -0.15) is 0 Å². The van der Waals surface area contributed by atoms with E-state index in [2.05, 4.69) is 0 Å². The van der Waals surface area contributed by atoms with Crippen molar-refractivity contribution in [2.45, 2.75) is 0 Å². The van der Waals surface area contributed by atoms with Crippen molar-refractivity contribution in [3.63, 3.8) is 0 Å². The molecule has 0 fully saturated rings. The van der Waals surface area contributed by atoms with E-state index in [1.807, 2.05) is 0 Å². The van der Waals surface area contributed by atoms with Gasteiger partial charge in [0.25, 0.3) is 0 Å². The average molecular weight is 236 g/mol. The molecule has 0 aliphatic rings.